The summed E-state index contributed by atoms with van der Waals surface area (Å²) in [6.45, 7) is 3.71. The van der Waals surface area contributed by atoms with Crippen molar-refractivity contribution in [3.05, 3.63) is 49.6 Å². The van der Waals surface area contributed by atoms with E-state index in [4.69, 9.17) is 9.47 Å². The predicted molar refractivity (Wildman–Crippen MR) is 95.1 cm³/mol. The van der Waals surface area contributed by atoms with Crippen molar-refractivity contribution in [3.63, 3.8) is 0 Å². The molecule has 0 saturated carbocycles. The quantitative estimate of drug-likeness (QED) is 0.497. The van der Waals surface area contributed by atoms with Crippen molar-refractivity contribution in [2.75, 3.05) is 25.6 Å². The molecule has 2 aromatic heterocycles. The fourth-order valence-corrected chi connectivity index (χ4v) is 2.65. The van der Waals surface area contributed by atoms with E-state index in [9.17, 15) is 14.4 Å². The highest BCUT2D eigenvalue weighted by molar-refractivity contribution is 9.10. The molecule has 8 nitrogen and oxygen atoms in total. The third-order valence-electron chi connectivity index (χ3n) is 3.51. The van der Waals surface area contributed by atoms with Gasteiger partial charge in [0, 0.05) is 23.5 Å². The lowest BCUT2D eigenvalue weighted by Gasteiger charge is -2.06. The fourth-order valence-electron chi connectivity index (χ4n) is 2.31. The van der Waals surface area contributed by atoms with Crippen LogP contribution >= 0.6 is 15.9 Å². The van der Waals surface area contributed by atoms with Gasteiger partial charge in [0.25, 0.3) is 11.5 Å². The van der Waals surface area contributed by atoms with Crippen molar-refractivity contribution in [3.8, 4) is 0 Å². The number of methoxy groups -OCH3 is 1. The molecule has 0 bridgehead atoms. The van der Waals surface area contributed by atoms with E-state index < -0.39 is 17.4 Å². The van der Waals surface area contributed by atoms with Crippen LogP contribution in [0.3, 0.4) is 0 Å². The van der Waals surface area contributed by atoms with Crippen molar-refractivity contribution in [2.24, 2.45) is 0 Å². The minimum atomic E-state index is -0.539. The van der Waals surface area contributed by atoms with E-state index in [1.807, 2.05) is 0 Å². The first-order valence-corrected chi connectivity index (χ1v) is 8.19. The summed E-state index contributed by atoms with van der Waals surface area (Å²) in [7, 11) is 1.51. The van der Waals surface area contributed by atoms with Gasteiger partial charge in [-0.25, -0.2) is 4.79 Å². The number of carbonyl (C=O) groups is 2. The fraction of sp³-hybridized carbons (Fsp3) is 0.312. The number of pyridine rings is 1. The third kappa shape index (κ3) is 4.37. The summed E-state index contributed by atoms with van der Waals surface area (Å²) in [5, 5.41) is 2.52. The summed E-state index contributed by atoms with van der Waals surface area (Å²) in [4.78, 5) is 41.8. The minimum absolute atomic E-state index is 0.0928. The second-order valence-corrected chi connectivity index (χ2v) is 6.18. The molecule has 0 radical (unpaired) electrons. The largest absolute Gasteiger partial charge is 0.460 e. The summed E-state index contributed by atoms with van der Waals surface area (Å²) in [5.74, 6) is -1.07. The summed E-state index contributed by atoms with van der Waals surface area (Å²) >= 11 is 3.22. The number of hydrogen-bond acceptors (Lipinski definition) is 5. The van der Waals surface area contributed by atoms with Gasteiger partial charge in [-0.05, 0) is 41.4 Å². The van der Waals surface area contributed by atoms with Gasteiger partial charge >= 0.3 is 5.97 Å². The van der Waals surface area contributed by atoms with Crippen molar-refractivity contribution in [1.82, 2.24) is 9.97 Å². The molecule has 0 aliphatic heterocycles. The SMILES string of the molecule is COCCOC(=O)c1c(C)[nH]c(C(=O)Nc2cc(Br)c[nH]c2=O)c1C. The second kappa shape index (κ2) is 8.13. The Hall–Kier alpha value is -2.39. The lowest BCUT2D eigenvalue weighted by molar-refractivity contribution is 0.0387. The molecule has 0 aliphatic carbocycles. The zero-order valence-corrected chi connectivity index (χ0v) is 15.6. The summed E-state index contributed by atoms with van der Waals surface area (Å²) in [6, 6.07) is 1.49. The Morgan fingerprint density at radius 1 is 1.28 bits per heavy atom. The number of ether oxygens (including phenoxy) is 2. The number of aromatic amines is 2. The molecule has 2 heterocycles. The van der Waals surface area contributed by atoms with Crippen molar-refractivity contribution >= 4 is 33.5 Å². The number of aryl methyl sites for hydroxylation is 1. The van der Waals surface area contributed by atoms with E-state index in [2.05, 4.69) is 31.2 Å². The standard InChI is InChI=1S/C16H18BrN3O5/c1-8-12(16(23)25-5-4-24-3)9(2)19-13(8)15(22)20-11-6-10(17)7-18-14(11)21/h6-7,19H,4-5H2,1-3H3,(H,18,21)(H,20,22). The first-order valence-electron chi connectivity index (χ1n) is 7.40. The van der Waals surface area contributed by atoms with Crippen LogP contribution in [0.25, 0.3) is 0 Å². The summed E-state index contributed by atoms with van der Waals surface area (Å²) in [6.07, 6.45) is 1.47. The first-order chi connectivity index (χ1) is 11.8. The molecule has 0 spiro atoms. The maximum Gasteiger partial charge on any atom is 0.340 e. The molecular formula is C16H18BrN3O5. The number of H-pyrrole nitrogens is 2. The molecule has 2 rings (SSSR count). The van der Waals surface area contributed by atoms with E-state index in [0.717, 1.165) is 0 Å². The van der Waals surface area contributed by atoms with Crippen LogP contribution < -0.4 is 10.9 Å². The smallest absolute Gasteiger partial charge is 0.340 e. The zero-order valence-electron chi connectivity index (χ0n) is 14.0. The summed E-state index contributed by atoms with van der Waals surface area (Å²) < 4.78 is 10.5. The van der Waals surface area contributed by atoms with Gasteiger partial charge in [-0.3, -0.25) is 9.59 Å². The van der Waals surface area contributed by atoms with Crippen molar-refractivity contribution < 1.29 is 19.1 Å². The number of amides is 1. The average molecular weight is 412 g/mol. The van der Waals surface area contributed by atoms with Crippen molar-refractivity contribution in [1.29, 1.82) is 0 Å². The van der Waals surface area contributed by atoms with Gasteiger partial charge in [-0.2, -0.15) is 0 Å². The van der Waals surface area contributed by atoms with E-state index >= 15 is 0 Å². The number of esters is 1. The molecule has 0 saturated heterocycles. The topological polar surface area (TPSA) is 113 Å². The van der Waals surface area contributed by atoms with Gasteiger partial charge in [0.15, 0.2) is 0 Å². The molecule has 25 heavy (non-hydrogen) atoms. The van der Waals surface area contributed by atoms with Crippen LogP contribution in [-0.2, 0) is 9.47 Å². The number of rotatable bonds is 6. The first kappa shape index (κ1) is 18.9. The van der Waals surface area contributed by atoms with E-state index in [0.29, 0.717) is 21.3 Å². The molecule has 3 N–H and O–H groups in total. The van der Waals surface area contributed by atoms with Crippen LogP contribution in [0, 0.1) is 13.8 Å². The van der Waals surface area contributed by atoms with Gasteiger partial charge in [-0.1, -0.05) is 0 Å². The zero-order chi connectivity index (χ0) is 18.6. The highest BCUT2D eigenvalue weighted by Crippen LogP contribution is 2.20. The van der Waals surface area contributed by atoms with Crippen LogP contribution in [0.2, 0.25) is 0 Å². The van der Waals surface area contributed by atoms with Gasteiger partial charge in [-0.15, -0.1) is 0 Å². The van der Waals surface area contributed by atoms with Crippen LogP contribution in [0.15, 0.2) is 21.5 Å². The van der Waals surface area contributed by atoms with Gasteiger partial charge < -0.3 is 24.8 Å². The molecule has 0 atom stereocenters. The van der Waals surface area contributed by atoms with Gasteiger partial charge in [0.1, 0.15) is 18.0 Å². The molecule has 9 heteroatoms. The van der Waals surface area contributed by atoms with E-state index in [1.165, 1.54) is 19.4 Å². The second-order valence-electron chi connectivity index (χ2n) is 5.27. The molecule has 2 aromatic rings. The maximum absolute atomic E-state index is 12.5. The minimum Gasteiger partial charge on any atom is -0.460 e. The van der Waals surface area contributed by atoms with Crippen molar-refractivity contribution in [2.45, 2.75) is 13.8 Å². The number of nitrogens with one attached hydrogen (secondary N) is 3. The lowest BCUT2D eigenvalue weighted by atomic mass is 10.1. The highest BCUT2D eigenvalue weighted by atomic mass is 79.9. The predicted octanol–water partition coefficient (Wildman–Crippen LogP) is 2.14. The normalized spacial score (nSPS) is 10.6. The summed E-state index contributed by atoms with van der Waals surface area (Å²) in [5.41, 5.74) is 1.10. The van der Waals surface area contributed by atoms with Gasteiger partial charge in [0.05, 0.1) is 12.2 Å². The monoisotopic (exact) mass is 411 g/mol. The molecule has 0 aromatic carbocycles. The Kier molecular flexibility index (Phi) is 6.16. The molecule has 1 amide bonds. The van der Waals surface area contributed by atoms with Crippen LogP contribution in [0.5, 0.6) is 0 Å². The number of aromatic nitrogens is 2. The van der Waals surface area contributed by atoms with Crippen LogP contribution in [0.1, 0.15) is 32.1 Å². The Bertz CT molecular complexity index is 856. The molecular weight excluding hydrogens is 394 g/mol. The Morgan fingerprint density at radius 3 is 2.68 bits per heavy atom. The number of carbonyl (C=O) groups excluding carboxylic acids is 2. The number of anilines is 1. The number of hydrogen-bond donors (Lipinski definition) is 3. The highest BCUT2D eigenvalue weighted by Gasteiger charge is 2.23. The van der Waals surface area contributed by atoms with Crippen LogP contribution in [0.4, 0.5) is 5.69 Å². The number of halogens is 1. The lowest BCUT2D eigenvalue weighted by Crippen LogP contribution is -2.20. The molecule has 134 valence electrons. The Labute approximate surface area is 152 Å². The van der Waals surface area contributed by atoms with E-state index in [1.54, 1.807) is 13.8 Å². The van der Waals surface area contributed by atoms with Crippen LogP contribution in [-0.4, -0.2) is 42.2 Å². The average Bonchev–Trinajstić information content (AvgIpc) is 2.86. The third-order valence-corrected chi connectivity index (χ3v) is 3.96. The van der Waals surface area contributed by atoms with Gasteiger partial charge in [0.2, 0.25) is 0 Å². The maximum atomic E-state index is 12.5. The molecule has 0 fully saturated rings. The molecule has 0 aliphatic rings. The molecule has 0 unspecified atom stereocenters. The Balaban J connectivity index is 2.24. The Morgan fingerprint density at radius 2 is 2.00 bits per heavy atom. The van der Waals surface area contributed by atoms with E-state index in [-0.39, 0.29) is 24.6 Å².